The lowest BCUT2D eigenvalue weighted by Crippen LogP contribution is -2.26. The minimum Gasteiger partial charge on any atom is -0.466 e. The van der Waals surface area contributed by atoms with Gasteiger partial charge in [-0.05, 0) is 57.9 Å². The summed E-state index contributed by atoms with van der Waals surface area (Å²) >= 11 is 0. The minimum absolute atomic E-state index is 0.0143. The Kier molecular flexibility index (Phi) is 11.1. The van der Waals surface area contributed by atoms with E-state index in [1.807, 2.05) is 37.3 Å². The number of hydrogen-bond donors (Lipinski definition) is 3. The highest BCUT2D eigenvalue weighted by atomic mass is 16.5. The third-order valence-electron chi connectivity index (χ3n) is 3.61. The third-order valence-corrected chi connectivity index (χ3v) is 3.61. The summed E-state index contributed by atoms with van der Waals surface area (Å²) in [5.74, 6) is -0.155. The van der Waals surface area contributed by atoms with Crippen molar-refractivity contribution in [3.63, 3.8) is 0 Å². The predicted molar refractivity (Wildman–Crippen MR) is 94.2 cm³/mol. The van der Waals surface area contributed by atoms with Gasteiger partial charge in [0.25, 0.3) is 0 Å². The molecule has 0 aromatic heterocycles. The molecule has 0 spiro atoms. The molecule has 23 heavy (non-hydrogen) atoms. The molecule has 1 aromatic rings. The van der Waals surface area contributed by atoms with E-state index in [9.17, 15) is 4.79 Å². The van der Waals surface area contributed by atoms with Gasteiger partial charge in [-0.3, -0.25) is 4.79 Å². The van der Waals surface area contributed by atoms with E-state index in [1.165, 1.54) is 0 Å². The number of benzene rings is 1. The van der Waals surface area contributed by atoms with E-state index in [1.54, 1.807) is 0 Å². The fraction of sp³-hybridized carbons (Fsp3) is 0.611. The van der Waals surface area contributed by atoms with E-state index in [0.29, 0.717) is 13.0 Å². The molecule has 0 saturated heterocycles. The molecule has 0 heterocycles. The van der Waals surface area contributed by atoms with E-state index in [-0.39, 0.29) is 12.0 Å². The highest BCUT2D eigenvalue weighted by Gasteiger charge is 2.15. The summed E-state index contributed by atoms with van der Waals surface area (Å²) in [4.78, 5) is 11.8. The molecular formula is C18H31N3O2. The van der Waals surface area contributed by atoms with Crippen LogP contribution in [0, 0.1) is 0 Å². The molecule has 0 amide bonds. The van der Waals surface area contributed by atoms with Crippen LogP contribution in [0.25, 0.3) is 0 Å². The second-order valence-electron chi connectivity index (χ2n) is 5.53. The van der Waals surface area contributed by atoms with Crippen LogP contribution >= 0.6 is 0 Å². The van der Waals surface area contributed by atoms with Crippen molar-refractivity contribution in [2.45, 2.75) is 38.6 Å². The van der Waals surface area contributed by atoms with Gasteiger partial charge >= 0.3 is 5.97 Å². The van der Waals surface area contributed by atoms with Crippen molar-refractivity contribution >= 4 is 5.97 Å². The number of rotatable bonds is 13. The minimum atomic E-state index is -0.155. The predicted octanol–water partition coefficient (Wildman–Crippen LogP) is 1.99. The standard InChI is InChI=1S/C18H31N3O2/c1-2-23-18(22)15-17(16-9-4-3-5-10-16)21-14-7-6-12-20-13-8-11-19/h3-5,9-10,17,20-21H,2,6-8,11-15,19H2,1H3. The first-order valence-corrected chi connectivity index (χ1v) is 8.62. The van der Waals surface area contributed by atoms with E-state index in [2.05, 4.69) is 10.6 Å². The van der Waals surface area contributed by atoms with E-state index in [4.69, 9.17) is 10.5 Å². The van der Waals surface area contributed by atoms with Gasteiger partial charge in [0.05, 0.1) is 13.0 Å². The summed E-state index contributed by atoms with van der Waals surface area (Å²) in [7, 11) is 0. The van der Waals surface area contributed by atoms with Crippen LogP contribution in [0.5, 0.6) is 0 Å². The van der Waals surface area contributed by atoms with Gasteiger partial charge in [-0.1, -0.05) is 30.3 Å². The Balaban J connectivity index is 2.31. The van der Waals surface area contributed by atoms with Crippen molar-refractivity contribution in [2.75, 3.05) is 32.8 Å². The van der Waals surface area contributed by atoms with Gasteiger partial charge in [0.2, 0.25) is 0 Å². The highest BCUT2D eigenvalue weighted by Crippen LogP contribution is 2.17. The number of carbonyl (C=O) groups is 1. The number of carbonyl (C=O) groups excluding carboxylic acids is 1. The molecule has 5 heteroatoms. The van der Waals surface area contributed by atoms with Crippen LogP contribution in [-0.4, -0.2) is 38.8 Å². The molecule has 0 aliphatic rings. The zero-order valence-corrected chi connectivity index (χ0v) is 14.2. The number of ether oxygens (including phenoxy) is 1. The molecule has 1 aromatic carbocycles. The van der Waals surface area contributed by atoms with Crippen LogP contribution in [0.2, 0.25) is 0 Å². The van der Waals surface area contributed by atoms with Crippen LogP contribution in [0.4, 0.5) is 0 Å². The van der Waals surface area contributed by atoms with Crippen molar-refractivity contribution in [1.82, 2.24) is 10.6 Å². The van der Waals surface area contributed by atoms with Crippen LogP contribution in [0.3, 0.4) is 0 Å². The normalized spacial score (nSPS) is 12.1. The zero-order chi connectivity index (χ0) is 16.8. The van der Waals surface area contributed by atoms with Gasteiger partial charge in [0, 0.05) is 6.04 Å². The summed E-state index contributed by atoms with van der Waals surface area (Å²) < 4.78 is 5.08. The first kappa shape index (κ1) is 19.6. The van der Waals surface area contributed by atoms with Gasteiger partial charge in [-0.2, -0.15) is 0 Å². The van der Waals surface area contributed by atoms with Gasteiger partial charge in [0.15, 0.2) is 0 Å². The molecule has 0 fully saturated rings. The van der Waals surface area contributed by atoms with Crippen molar-refractivity contribution in [3.05, 3.63) is 35.9 Å². The van der Waals surface area contributed by atoms with Gasteiger partial charge in [-0.25, -0.2) is 0 Å². The maximum Gasteiger partial charge on any atom is 0.307 e. The Labute approximate surface area is 140 Å². The Morgan fingerprint density at radius 3 is 2.52 bits per heavy atom. The fourth-order valence-corrected chi connectivity index (χ4v) is 2.38. The van der Waals surface area contributed by atoms with E-state index in [0.717, 1.165) is 51.0 Å². The van der Waals surface area contributed by atoms with Crippen LogP contribution in [-0.2, 0) is 9.53 Å². The Bertz CT molecular complexity index is 412. The molecule has 0 aliphatic heterocycles. The average molecular weight is 321 g/mol. The summed E-state index contributed by atoms with van der Waals surface area (Å²) in [6.45, 7) is 5.88. The topological polar surface area (TPSA) is 76.4 Å². The SMILES string of the molecule is CCOC(=O)CC(NCCCCNCCCN)c1ccccc1. The van der Waals surface area contributed by atoms with Crippen LogP contribution < -0.4 is 16.4 Å². The quantitative estimate of drug-likeness (QED) is 0.383. The first-order chi connectivity index (χ1) is 11.3. The van der Waals surface area contributed by atoms with E-state index < -0.39 is 0 Å². The molecule has 1 atom stereocenters. The second-order valence-corrected chi connectivity index (χ2v) is 5.53. The van der Waals surface area contributed by atoms with Crippen molar-refractivity contribution in [2.24, 2.45) is 5.73 Å². The molecule has 0 saturated carbocycles. The van der Waals surface area contributed by atoms with Crippen molar-refractivity contribution < 1.29 is 9.53 Å². The number of unbranched alkanes of at least 4 members (excludes halogenated alkanes) is 1. The molecule has 1 rings (SSSR count). The lowest BCUT2D eigenvalue weighted by atomic mass is 10.0. The monoisotopic (exact) mass is 321 g/mol. The highest BCUT2D eigenvalue weighted by molar-refractivity contribution is 5.70. The Morgan fingerprint density at radius 1 is 1.13 bits per heavy atom. The second kappa shape index (κ2) is 13.0. The smallest absolute Gasteiger partial charge is 0.307 e. The molecule has 0 bridgehead atoms. The molecule has 1 unspecified atom stereocenters. The summed E-state index contributed by atoms with van der Waals surface area (Å²) in [6.07, 6.45) is 3.57. The van der Waals surface area contributed by atoms with Gasteiger partial charge in [0.1, 0.15) is 0 Å². The molecular weight excluding hydrogens is 290 g/mol. The molecule has 4 N–H and O–H groups in total. The lowest BCUT2D eigenvalue weighted by Gasteiger charge is -2.18. The zero-order valence-electron chi connectivity index (χ0n) is 14.2. The number of hydrogen-bond acceptors (Lipinski definition) is 5. The number of nitrogens with two attached hydrogens (primary N) is 1. The lowest BCUT2D eigenvalue weighted by molar-refractivity contribution is -0.143. The summed E-state index contributed by atoms with van der Waals surface area (Å²) in [5, 5.41) is 6.85. The Hall–Kier alpha value is -1.43. The van der Waals surface area contributed by atoms with E-state index >= 15 is 0 Å². The fourth-order valence-electron chi connectivity index (χ4n) is 2.38. The van der Waals surface area contributed by atoms with Gasteiger partial charge in [-0.15, -0.1) is 0 Å². The van der Waals surface area contributed by atoms with Crippen LogP contribution in [0.1, 0.15) is 44.2 Å². The third kappa shape index (κ3) is 9.33. The molecule has 130 valence electrons. The maximum absolute atomic E-state index is 11.8. The molecule has 0 aliphatic carbocycles. The Morgan fingerprint density at radius 2 is 1.83 bits per heavy atom. The molecule has 5 nitrogen and oxygen atoms in total. The van der Waals surface area contributed by atoms with Gasteiger partial charge < -0.3 is 21.1 Å². The summed E-state index contributed by atoms with van der Waals surface area (Å²) in [5.41, 5.74) is 6.58. The first-order valence-electron chi connectivity index (χ1n) is 8.62. The molecule has 0 radical (unpaired) electrons. The maximum atomic E-state index is 11.8. The number of esters is 1. The largest absolute Gasteiger partial charge is 0.466 e. The van der Waals surface area contributed by atoms with Crippen molar-refractivity contribution in [3.8, 4) is 0 Å². The average Bonchev–Trinajstić information content (AvgIpc) is 2.57. The van der Waals surface area contributed by atoms with Crippen molar-refractivity contribution in [1.29, 1.82) is 0 Å². The summed E-state index contributed by atoms with van der Waals surface area (Å²) in [6, 6.07) is 10.1. The van der Waals surface area contributed by atoms with Crippen LogP contribution in [0.15, 0.2) is 30.3 Å². The number of nitrogens with one attached hydrogen (secondary N) is 2.